The molecule has 2 heterocycles. The maximum Gasteiger partial charge on any atom is 0.305 e. The number of rotatable bonds is 8. The van der Waals surface area contributed by atoms with E-state index >= 15 is 0 Å². The molecule has 5 heteroatoms. The number of carbonyl (C=O) groups is 1. The van der Waals surface area contributed by atoms with Crippen LogP contribution in [-0.2, 0) is 16.0 Å². The molecule has 0 radical (unpaired) electrons. The number of hydrogen-bond acceptors (Lipinski definition) is 3. The molecule has 0 spiro atoms. The maximum absolute atomic E-state index is 11.4. The molecule has 0 bridgehead atoms. The Morgan fingerprint density at radius 2 is 2.12 bits per heavy atom. The molecule has 3 rings (SSSR count). The third-order valence-electron chi connectivity index (χ3n) is 4.17. The Hall–Kier alpha value is -2.56. The molecule has 0 aliphatic heterocycles. The van der Waals surface area contributed by atoms with E-state index in [2.05, 4.69) is 28.2 Å². The number of benzene rings is 1. The van der Waals surface area contributed by atoms with Gasteiger partial charge in [-0.1, -0.05) is 24.6 Å². The molecule has 0 atom stereocenters. The van der Waals surface area contributed by atoms with Crippen LogP contribution in [0.25, 0.3) is 16.7 Å². The first-order valence-corrected chi connectivity index (χ1v) is 8.53. The van der Waals surface area contributed by atoms with Crippen molar-refractivity contribution in [2.45, 2.75) is 39.0 Å². The van der Waals surface area contributed by atoms with Gasteiger partial charge in [-0.2, -0.15) is 0 Å². The molecule has 0 saturated carbocycles. The van der Waals surface area contributed by atoms with E-state index in [1.807, 2.05) is 30.1 Å². The van der Waals surface area contributed by atoms with Crippen molar-refractivity contribution in [2.24, 2.45) is 0 Å². The Bertz CT molecular complexity index is 790. The number of nitrogens with zero attached hydrogens (tertiary/aromatic N) is 2. The van der Waals surface area contributed by atoms with Crippen LogP contribution in [0.2, 0.25) is 0 Å². The number of fused-ring (bicyclic) bond motifs is 1. The summed E-state index contributed by atoms with van der Waals surface area (Å²) in [6.07, 6.45) is 9.97. The third kappa shape index (κ3) is 3.67. The Kier molecular flexibility index (Phi) is 5.31. The van der Waals surface area contributed by atoms with Crippen molar-refractivity contribution in [3.63, 3.8) is 0 Å². The molecule has 0 unspecified atom stereocenters. The SMILES string of the molecule is CCOC(=O)CCCCCc1c(-n2ccnc2)[nH]c2ccccc12. The number of aryl methyl sites for hydroxylation is 1. The maximum atomic E-state index is 11.4. The number of imidazole rings is 1. The first-order chi connectivity index (χ1) is 11.8. The fourth-order valence-corrected chi connectivity index (χ4v) is 3.03. The van der Waals surface area contributed by atoms with Crippen molar-refractivity contribution in [2.75, 3.05) is 6.61 Å². The predicted octanol–water partition coefficient (Wildman–Crippen LogP) is 4.02. The molecule has 24 heavy (non-hydrogen) atoms. The lowest BCUT2D eigenvalue weighted by Gasteiger charge is -2.06. The summed E-state index contributed by atoms with van der Waals surface area (Å²) in [5.41, 5.74) is 2.45. The van der Waals surface area contributed by atoms with E-state index in [1.165, 1.54) is 10.9 Å². The molecule has 5 nitrogen and oxygen atoms in total. The van der Waals surface area contributed by atoms with E-state index < -0.39 is 0 Å². The number of nitrogens with one attached hydrogen (secondary N) is 1. The number of hydrogen-bond donors (Lipinski definition) is 1. The third-order valence-corrected chi connectivity index (χ3v) is 4.17. The second-order valence-electron chi connectivity index (χ2n) is 5.83. The summed E-state index contributed by atoms with van der Waals surface area (Å²) in [4.78, 5) is 19.0. The van der Waals surface area contributed by atoms with Gasteiger partial charge >= 0.3 is 5.97 Å². The lowest BCUT2D eigenvalue weighted by atomic mass is 10.0. The molecule has 126 valence electrons. The normalized spacial score (nSPS) is 11.0. The molecule has 0 aliphatic carbocycles. The smallest absolute Gasteiger partial charge is 0.305 e. The Labute approximate surface area is 141 Å². The van der Waals surface area contributed by atoms with Crippen LogP contribution in [0.3, 0.4) is 0 Å². The number of aromatic amines is 1. The minimum Gasteiger partial charge on any atom is -0.466 e. The van der Waals surface area contributed by atoms with Gasteiger partial charge in [-0.3, -0.25) is 9.36 Å². The van der Waals surface area contributed by atoms with E-state index in [1.54, 1.807) is 6.20 Å². The van der Waals surface area contributed by atoms with Crippen molar-refractivity contribution in [1.29, 1.82) is 0 Å². The van der Waals surface area contributed by atoms with Crippen LogP contribution in [0, 0.1) is 0 Å². The van der Waals surface area contributed by atoms with Gasteiger partial charge in [-0.15, -0.1) is 0 Å². The van der Waals surface area contributed by atoms with Crippen LogP contribution in [0.15, 0.2) is 43.0 Å². The van der Waals surface area contributed by atoms with Gasteiger partial charge in [0.2, 0.25) is 0 Å². The molecular weight excluding hydrogens is 302 g/mol. The average Bonchev–Trinajstić information content (AvgIpc) is 3.22. The number of unbranched alkanes of at least 4 members (excludes halogenated alkanes) is 2. The number of para-hydroxylation sites is 1. The number of ether oxygens (including phenoxy) is 1. The number of carbonyl (C=O) groups excluding carboxylic acids is 1. The van der Waals surface area contributed by atoms with E-state index in [-0.39, 0.29) is 5.97 Å². The van der Waals surface area contributed by atoms with Gasteiger partial charge in [0.25, 0.3) is 0 Å². The highest BCUT2D eigenvalue weighted by atomic mass is 16.5. The Morgan fingerprint density at radius 3 is 2.92 bits per heavy atom. The topological polar surface area (TPSA) is 59.9 Å². The lowest BCUT2D eigenvalue weighted by Crippen LogP contribution is -2.03. The standard InChI is InChI=1S/C19H23N3O2/c1-2-24-18(23)11-5-3-4-9-16-15-8-6-7-10-17(15)21-19(16)22-13-12-20-14-22/h6-8,10,12-14,21H,2-5,9,11H2,1H3. The van der Waals surface area contributed by atoms with Gasteiger partial charge in [-0.25, -0.2) is 4.98 Å². The van der Waals surface area contributed by atoms with E-state index in [9.17, 15) is 4.79 Å². The van der Waals surface area contributed by atoms with Crippen LogP contribution in [-0.4, -0.2) is 27.1 Å². The molecule has 3 aromatic rings. The van der Waals surface area contributed by atoms with Crippen LogP contribution in [0.4, 0.5) is 0 Å². The molecule has 0 saturated heterocycles. The van der Waals surface area contributed by atoms with Crippen molar-refractivity contribution in [3.05, 3.63) is 48.5 Å². The van der Waals surface area contributed by atoms with Crippen molar-refractivity contribution in [3.8, 4) is 5.82 Å². The quantitative estimate of drug-likeness (QED) is 0.502. The minimum atomic E-state index is -0.0938. The zero-order valence-corrected chi connectivity index (χ0v) is 14.0. The molecule has 1 N–H and O–H groups in total. The Morgan fingerprint density at radius 1 is 1.25 bits per heavy atom. The highest BCUT2D eigenvalue weighted by Crippen LogP contribution is 2.27. The molecule has 0 aliphatic rings. The summed E-state index contributed by atoms with van der Waals surface area (Å²) >= 11 is 0. The lowest BCUT2D eigenvalue weighted by molar-refractivity contribution is -0.143. The van der Waals surface area contributed by atoms with Crippen molar-refractivity contribution in [1.82, 2.24) is 14.5 Å². The molecular formula is C19H23N3O2. The second kappa shape index (κ2) is 7.81. The number of esters is 1. The monoisotopic (exact) mass is 325 g/mol. The van der Waals surface area contributed by atoms with Gasteiger partial charge < -0.3 is 9.72 Å². The van der Waals surface area contributed by atoms with Gasteiger partial charge in [0.15, 0.2) is 0 Å². The zero-order valence-electron chi connectivity index (χ0n) is 14.0. The first-order valence-electron chi connectivity index (χ1n) is 8.53. The summed E-state index contributed by atoms with van der Waals surface area (Å²) < 4.78 is 6.99. The highest BCUT2D eigenvalue weighted by Gasteiger charge is 2.12. The van der Waals surface area contributed by atoms with Gasteiger partial charge in [0.05, 0.1) is 6.61 Å². The largest absolute Gasteiger partial charge is 0.466 e. The number of H-pyrrole nitrogens is 1. The van der Waals surface area contributed by atoms with Crippen LogP contribution >= 0.6 is 0 Å². The van der Waals surface area contributed by atoms with Gasteiger partial charge in [0, 0.05) is 35.3 Å². The predicted molar refractivity (Wildman–Crippen MR) is 94.2 cm³/mol. The summed E-state index contributed by atoms with van der Waals surface area (Å²) in [5.74, 6) is 0.989. The molecule has 0 amide bonds. The summed E-state index contributed by atoms with van der Waals surface area (Å²) in [5, 5.41) is 1.26. The van der Waals surface area contributed by atoms with Crippen LogP contribution < -0.4 is 0 Å². The van der Waals surface area contributed by atoms with Gasteiger partial charge in [-0.05, 0) is 32.3 Å². The molecule has 1 aromatic carbocycles. The molecule has 2 aromatic heterocycles. The van der Waals surface area contributed by atoms with Crippen LogP contribution in [0.1, 0.15) is 38.2 Å². The zero-order chi connectivity index (χ0) is 16.8. The van der Waals surface area contributed by atoms with E-state index in [0.29, 0.717) is 13.0 Å². The fraction of sp³-hybridized carbons (Fsp3) is 0.368. The number of aromatic nitrogens is 3. The van der Waals surface area contributed by atoms with E-state index in [0.717, 1.165) is 37.0 Å². The van der Waals surface area contributed by atoms with Crippen molar-refractivity contribution >= 4 is 16.9 Å². The van der Waals surface area contributed by atoms with Crippen molar-refractivity contribution < 1.29 is 9.53 Å². The molecule has 0 fully saturated rings. The summed E-state index contributed by atoms with van der Waals surface area (Å²) in [6.45, 7) is 2.30. The fourth-order valence-electron chi connectivity index (χ4n) is 3.03. The average molecular weight is 325 g/mol. The Balaban J connectivity index is 1.67. The second-order valence-corrected chi connectivity index (χ2v) is 5.83. The summed E-state index contributed by atoms with van der Waals surface area (Å²) in [7, 11) is 0. The highest BCUT2D eigenvalue weighted by molar-refractivity contribution is 5.86. The summed E-state index contributed by atoms with van der Waals surface area (Å²) in [6, 6.07) is 8.36. The van der Waals surface area contributed by atoms with E-state index in [4.69, 9.17) is 4.74 Å². The minimum absolute atomic E-state index is 0.0938. The first kappa shape index (κ1) is 16.3. The van der Waals surface area contributed by atoms with Gasteiger partial charge in [0.1, 0.15) is 12.1 Å². The van der Waals surface area contributed by atoms with Crippen LogP contribution in [0.5, 0.6) is 0 Å².